The van der Waals surface area contributed by atoms with Gasteiger partial charge in [-0.3, -0.25) is 0 Å². The van der Waals surface area contributed by atoms with Crippen molar-refractivity contribution in [3.63, 3.8) is 0 Å². The highest BCUT2D eigenvalue weighted by molar-refractivity contribution is 14.1. The van der Waals surface area contributed by atoms with Crippen molar-refractivity contribution in [2.45, 2.75) is 31.3 Å². The summed E-state index contributed by atoms with van der Waals surface area (Å²) in [4.78, 5) is 2.28. The highest BCUT2D eigenvalue weighted by Crippen LogP contribution is 2.28. The molecule has 0 radical (unpaired) electrons. The molecule has 2 aliphatic carbocycles. The molecule has 2 unspecified atom stereocenters. The lowest BCUT2D eigenvalue weighted by molar-refractivity contribution is 0.299. The molecule has 3 atom stereocenters. The van der Waals surface area contributed by atoms with E-state index in [-0.39, 0.29) is 0 Å². The van der Waals surface area contributed by atoms with Crippen molar-refractivity contribution in [2.24, 2.45) is 5.92 Å². The van der Waals surface area contributed by atoms with Crippen LogP contribution in [0.25, 0.3) is 0 Å². The fourth-order valence-electron chi connectivity index (χ4n) is 2.79. The first-order chi connectivity index (χ1) is 8.72. The van der Waals surface area contributed by atoms with E-state index in [9.17, 15) is 0 Å². The van der Waals surface area contributed by atoms with Crippen LogP contribution in [0, 0.1) is 5.92 Å². The number of nitrogens with one attached hydrogen (secondary N) is 1. The van der Waals surface area contributed by atoms with Gasteiger partial charge < -0.3 is 10.2 Å². The molecule has 18 heavy (non-hydrogen) atoms. The Hall–Kier alpha value is -0.290. The van der Waals surface area contributed by atoms with Crippen molar-refractivity contribution < 1.29 is 0 Å². The Kier molecular flexibility index (Phi) is 5.30. The Labute approximate surface area is 124 Å². The highest BCUT2D eigenvalue weighted by Gasteiger charge is 2.25. The van der Waals surface area contributed by atoms with Gasteiger partial charge in [0, 0.05) is 10.1 Å². The molecule has 0 amide bonds. The fourth-order valence-corrected chi connectivity index (χ4v) is 3.54. The fraction of sp³-hybridized carbons (Fsp3) is 0.600. The third kappa shape index (κ3) is 3.38. The van der Waals surface area contributed by atoms with Crippen molar-refractivity contribution in [2.75, 3.05) is 18.5 Å². The van der Waals surface area contributed by atoms with E-state index in [1.54, 1.807) is 0 Å². The summed E-state index contributed by atoms with van der Waals surface area (Å²) in [5.74, 6) is 0.754. The van der Waals surface area contributed by atoms with E-state index in [1.165, 1.54) is 29.4 Å². The Bertz CT molecular complexity index is 358. The van der Waals surface area contributed by atoms with Crippen LogP contribution in [0.2, 0.25) is 0 Å². The van der Waals surface area contributed by atoms with Gasteiger partial charge in [0.2, 0.25) is 0 Å². The second-order valence-electron chi connectivity index (χ2n) is 5.31. The van der Waals surface area contributed by atoms with Gasteiger partial charge in [0.25, 0.3) is 0 Å². The minimum atomic E-state index is 0.408. The van der Waals surface area contributed by atoms with E-state index < -0.39 is 0 Å². The zero-order valence-corrected chi connectivity index (χ0v) is 13.4. The number of rotatable bonds is 5. The zero-order chi connectivity index (χ0) is 13.0. The molecule has 1 N–H and O–H groups in total. The van der Waals surface area contributed by atoms with E-state index >= 15 is 0 Å². The molecule has 0 heterocycles. The van der Waals surface area contributed by atoms with E-state index in [4.69, 9.17) is 0 Å². The number of alkyl halides is 1. The molecule has 0 spiro atoms. The van der Waals surface area contributed by atoms with Crippen LogP contribution in [-0.2, 0) is 0 Å². The Morgan fingerprint density at radius 1 is 1.33 bits per heavy atom. The number of hydrogen-bond donors (Lipinski definition) is 1. The van der Waals surface area contributed by atoms with Crippen molar-refractivity contribution in [1.29, 1.82) is 0 Å². The maximum Gasteiger partial charge on any atom is 0.0635 e. The first kappa shape index (κ1) is 14.1. The summed E-state index contributed by atoms with van der Waals surface area (Å²) in [6, 6.07) is 0.864. The molecule has 2 rings (SSSR count). The summed E-state index contributed by atoms with van der Waals surface area (Å²) in [6.45, 7) is 0. The van der Waals surface area contributed by atoms with E-state index in [0.717, 1.165) is 5.92 Å². The lowest BCUT2D eigenvalue weighted by atomic mass is 9.98. The normalized spacial score (nSPS) is 30.9. The van der Waals surface area contributed by atoms with Crippen molar-refractivity contribution in [3.05, 3.63) is 36.1 Å². The zero-order valence-electron chi connectivity index (χ0n) is 11.3. The van der Waals surface area contributed by atoms with Gasteiger partial charge in [0.15, 0.2) is 0 Å². The predicted molar refractivity (Wildman–Crippen MR) is 87.0 cm³/mol. The number of halogens is 1. The Balaban J connectivity index is 1.99. The molecular weight excluding hydrogens is 335 g/mol. The van der Waals surface area contributed by atoms with Crippen LogP contribution in [0.4, 0.5) is 0 Å². The molecule has 0 aromatic carbocycles. The molecule has 2 aliphatic rings. The van der Waals surface area contributed by atoms with Gasteiger partial charge >= 0.3 is 0 Å². The van der Waals surface area contributed by atoms with Gasteiger partial charge in [-0.2, -0.15) is 0 Å². The quantitative estimate of drug-likeness (QED) is 0.600. The standard InChI is InChI=1S/C15H23IN2/c1-18(2)15-9-4-3-7-14(15)17-13-8-5-6-12(13)10-11-16/h3-4,7-9,12,14-15,17H,5-6,10-11H2,1-2H3/t12-,14?,15?/m1/s1. The summed E-state index contributed by atoms with van der Waals surface area (Å²) < 4.78 is 1.25. The third-order valence-electron chi connectivity index (χ3n) is 3.81. The lowest BCUT2D eigenvalue weighted by Gasteiger charge is -2.32. The van der Waals surface area contributed by atoms with Gasteiger partial charge in [0.1, 0.15) is 0 Å². The summed E-state index contributed by atoms with van der Waals surface area (Å²) in [5.41, 5.74) is 1.48. The third-order valence-corrected chi connectivity index (χ3v) is 4.43. The first-order valence-corrected chi connectivity index (χ1v) is 8.29. The van der Waals surface area contributed by atoms with Crippen molar-refractivity contribution in [1.82, 2.24) is 10.2 Å². The SMILES string of the molecule is CN(C)C1C=CC=CC1NC1=CCC[C@@H]1CCI. The number of allylic oxidation sites excluding steroid dienone is 4. The van der Waals surface area contributed by atoms with E-state index in [1.807, 2.05) is 0 Å². The second-order valence-corrected chi connectivity index (χ2v) is 6.38. The van der Waals surface area contributed by atoms with Gasteiger partial charge in [-0.05, 0) is 39.3 Å². The maximum absolute atomic E-state index is 3.76. The number of nitrogens with zero attached hydrogens (tertiary/aromatic N) is 1. The monoisotopic (exact) mass is 358 g/mol. The molecule has 0 fully saturated rings. The summed E-state index contributed by atoms with van der Waals surface area (Å²) in [6.07, 6.45) is 15.1. The predicted octanol–water partition coefficient (Wildman–Crippen LogP) is 3.12. The van der Waals surface area contributed by atoms with Crippen LogP contribution < -0.4 is 5.32 Å². The number of likely N-dealkylation sites (N-methyl/N-ethyl adjacent to an activating group) is 1. The van der Waals surface area contributed by atoms with E-state index in [2.05, 4.69) is 77.3 Å². The second kappa shape index (κ2) is 6.75. The summed E-state index contributed by atoms with van der Waals surface area (Å²) in [5, 5.41) is 3.76. The topological polar surface area (TPSA) is 15.3 Å². The van der Waals surface area contributed by atoms with Crippen LogP contribution in [0.15, 0.2) is 36.1 Å². The largest absolute Gasteiger partial charge is 0.380 e. The molecule has 2 nitrogen and oxygen atoms in total. The Morgan fingerprint density at radius 2 is 2.11 bits per heavy atom. The average molecular weight is 358 g/mol. The minimum Gasteiger partial charge on any atom is -0.380 e. The Morgan fingerprint density at radius 3 is 2.83 bits per heavy atom. The van der Waals surface area contributed by atoms with E-state index in [0.29, 0.717) is 12.1 Å². The van der Waals surface area contributed by atoms with Gasteiger partial charge in [-0.1, -0.05) is 53.0 Å². The molecule has 0 saturated heterocycles. The van der Waals surface area contributed by atoms with Gasteiger partial charge in [0.05, 0.1) is 12.1 Å². The highest BCUT2D eigenvalue weighted by atomic mass is 127. The van der Waals surface area contributed by atoms with Gasteiger partial charge in [-0.15, -0.1) is 0 Å². The van der Waals surface area contributed by atoms with Crippen LogP contribution in [0.3, 0.4) is 0 Å². The molecule has 3 heteroatoms. The molecule has 0 bridgehead atoms. The smallest absolute Gasteiger partial charge is 0.0635 e. The van der Waals surface area contributed by atoms with Crippen molar-refractivity contribution in [3.8, 4) is 0 Å². The summed E-state index contributed by atoms with van der Waals surface area (Å²) >= 11 is 2.48. The van der Waals surface area contributed by atoms with Crippen LogP contribution in [-0.4, -0.2) is 35.5 Å². The molecular formula is C15H23IN2. The molecule has 0 aromatic heterocycles. The molecule has 100 valence electrons. The van der Waals surface area contributed by atoms with Crippen molar-refractivity contribution >= 4 is 22.6 Å². The maximum atomic E-state index is 3.76. The molecule has 0 saturated carbocycles. The van der Waals surface area contributed by atoms with Crippen LogP contribution in [0.5, 0.6) is 0 Å². The molecule has 0 aliphatic heterocycles. The van der Waals surface area contributed by atoms with Gasteiger partial charge in [-0.25, -0.2) is 0 Å². The van der Waals surface area contributed by atoms with Crippen LogP contribution in [0.1, 0.15) is 19.3 Å². The molecule has 0 aromatic rings. The minimum absolute atomic E-state index is 0.408. The summed E-state index contributed by atoms with van der Waals surface area (Å²) in [7, 11) is 4.29. The lowest BCUT2D eigenvalue weighted by Crippen LogP contribution is -2.46. The number of hydrogen-bond acceptors (Lipinski definition) is 2. The van der Waals surface area contributed by atoms with Crippen LogP contribution >= 0.6 is 22.6 Å². The average Bonchev–Trinajstić information content (AvgIpc) is 2.78. The first-order valence-electron chi connectivity index (χ1n) is 6.76.